The molecule has 5 heteroatoms. The highest BCUT2D eigenvalue weighted by molar-refractivity contribution is 5.76. The number of amides is 1. The summed E-state index contributed by atoms with van der Waals surface area (Å²) in [4.78, 5) is 14.9. The number of hydrogen-bond acceptors (Lipinski definition) is 4. The molecule has 2 N–H and O–H groups in total. The van der Waals surface area contributed by atoms with Crippen molar-refractivity contribution in [3.63, 3.8) is 0 Å². The number of nitrogens with two attached hydrogens (primary N) is 1. The zero-order valence-electron chi connectivity index (χ0n) is 33.9. The monoisotopic (exact) mass is 713 g/mol. The van der Waals surface area contributed by atoms with Gasteiger partial charge in [0.25, 0.3) is 0 Å². The van der Waals surface area contributed by atoms with E-state index in [-0.39, 0.29) is 18.1 Å². The Bertz CT molecular complexity index is 809. The van der Waals surface area contributed by atoms with Crippen LogP contribution in [0.5, 0.6) is 0 Å². The van der Waals surface area contributed by atoms with Gasteiger partial charge in [-0.05, 0) is 96.4 Å². The Labute approximate surface area is 317 Å². The molecule has 1 rings (SSSR count). The third kappa shape index (κ3) is 30.5. The van der Waals surface area contributed by atoms with Crippen LogP contribution in [0.2, 0.25) is 0 Å². The van der Waals surface area contributed by atoms with Crippen molar-refractivity contribution < 1.29 is 14.3 Å². The quantitative estimate of drug-likeness (QED) is 0.0514. The number of ether oxygens (including phenoxy) is 2. The van der Waals surface area contributed by atoms with Gasteiger partial charge < -0.3 is 20.1 Å². The molecule has 0 radical (unpaired) electrons. The van der Waals surface area contributed by atoms with Crippen LogP contribution in [0.1, 0.15) is 194 Å². The number of rotatable bonds is 37. The SMILES string of the molecule is CCCCC/C=C\C/C=C\CCCCCCCCO[C@@H]1CN(C(=O)CCCCCN)C[C@H]1OCCCCCCCC/C=C\C/C=C\CCCCC. The molecule has 0 aromatic heterocycles. The van der Waals surface area contributed by atoms with E-state index in [2.05, 4.69) is 62.5 Å². The molecular formula is C46H84N2O3. The van der Waals surface area contributed by atoms with Crippen molar-refractivity contribution in [1.29, 1.82) is 0 Å². The second-order valence-electron chi connectivity index (χ2n) is 14.9. The van der Waals surface area contributed by atoms with Crippen LogP contribution >= 0.6 is 0 Å². The topological polar surface area (TPSA) is 64.8 Å². The van der Waals surface area contributed by atoms with Gasteiger partial charge in [0.15, 0.2) is 0 Å². The van der Waals surface area contributed by atoms with Crippen molar-refractivity contribution in [2.45, 2.75) is 206 Å². The third-order valence-electron chi connectivity index (χ3n) is 10.0. The van der Waals surface area contributed by atoms with Crippen LogP contribution in [0.15, 0.2) is 48.6 Å². The van der Waals surface area contributed by atoms with Gasteiger partial charge in [0, 0.05) is 32.7 Å². The lowest BCUT2D eigenvalue weighted by Gasteiger charge is -2.19. The zero-order chi connectivity index (χ0) is 36.7. The zero-order valence-corrected chi connectivity index (χ0v) is 33.9. The molecule has 0 aromatic rings. The summed E-state index contributed by atoms with van der Waals surface area (Å²) in [6.45, 7) is 8.10. The van der Waals surface area contributed by atoms with E-state index in [1.54, 1.807) is 0 Å². The largest absolute Gasteiger partial charge is 0.374 e. The molecular weight excluding hydrogens is 629 g/mol. The van der Waals surface area contributed by atoms with E-state index in [1.165, 1.54) is 128 Å². The molecule has 1 fully saturated rings. The van der Waals surface area contributed by atoms with Gasteiger partial charge in [0.05, 0.1) is 0 Å². The molecule has 0 bridgehead atoms. The predicted molar refractivity (Wildman–Crippen MR) is 222 cm³/mol. The highest BCUT2D eigenvalue weighted by Crippen LogP contribution is 2.21. The van der Waals surface area contributed by atoms with E-state index in [9.17, 15) is 4.79 Å². The molecule has 2 atom stereocenters. The lowest BCUT2D eigenvalue weighted by molar-refractivity contribution is -0.131. The predicted octanol–water partition coefficient (Wildman–Crippen LogP) is 12.7. The van der Waals surface area contributed by atoms with Gasteiger partial charge in [-0.2, -0.15) is 0 Å². The standard InChI is InChI=1S/C46H84N2O3/c1-3-5-7-9-11-13-15-17-19-21-23-25-27-29-31-36-40-50-44-42-48(46(49)38-34-33-35-39-47)43-45(44)51-41-37-32-30-28-26-24-22-20-18-16-14-12-10-8-6-4-2/h11-14,17-20,44-45H,3-10,15-16,21-43,47H2,1-2H3/b13-11-,14-12-,19-17-,20-18-/t44-,45-/m1/s1. The van der Waals surface area contributed by atoms with Gasteiger partial charge in [-0.25, -0.2) is 0 Å². The lowest BCUT2D eigenvalue weighted by Crippen LogP contribution is -2.30. The highest BCUT2D eigenvalue weighted by atomic mass is 16.5. The van der Waals surface area contributed by atoms with Crippen molar-refractivity contribution >= 4 is 5.91 Å². The molecule has 0 aromatic carbocycles. The highest BCUT2D eigenvalue weighted by Gasteiger charge is 2.36. The van der Waals surface area contributed by atoms with Gasteiger partial charge in [-0.1, -0.05) is 146 Å². The summed E-state index contributed by atoms with van der Waals surface area (Å²) in [5.74, 6) is 0.245. The van der Waals surface area contributed by atoms with Crippen LogP contribution in [0.3, 0.4) is 0 Å². The van der Waals surface area contributed by atoms with Gasteiger partial charge in [-0.3, -0.25) is 4.79 Å². The average molecular weight is 713 g/mol. The first-order valence-electron chi connectivity index (χ1n) is 22.0. The molecule has 1 heterocycles. The number of carbonyl (C=O) groups excluding carboxylic acids is 1. The Morgan fingerprint density at radius 1 is 0.510 bits per heavy atom. The second-order valence-corrected chi connectivity index (χ2v) is 14.9. The summed E-state index contributed by atoms with van der Waals surface area (Å²) in [6.07, 6.45) is 52.2. The summed E-state index contributed by atoms with van der Waals surface area (Å²) in [5.41, 5.74) is 5.64. The summed E-state index contributed by atoms with van der Waals surface area (Å²) < 4.78 is 12.8. The van der Waals surface area contributed by atoms with Crippen LogP contribution in [0.4, 0.5) is 0 Å². The normalized spacial score (nSPS) is 16.7. The Hall–Kier alpha value is -1.69. The number of likely N-dealkylation sites (tertiary alicyclic amines) is 1. The molecule has 5 nitrogen and oxygen atoms in total. The van der Waals surface area contributed by atoms with E-state index in [4.69, 9.17) is 15.2 Å². The first-order valence-corrected chi connectivity index (χ1v) is 22.0. The minimum Gasteiger partial charge on any atom is -0.374 e. The maximum absolute atomic E-state index is 12.9. The number of carbonyl (C=O) groups is 1. The van der Waals surface area contributed by atoms with Crippen LogP contribution in [0, 0.1) is 0 Å². The first kappa shape index (κ1) is 47.3. The van der Waals surface area contributed by atoms with Crippen molar-refractivity contribution in [2.24, 2.45) is 5.73 Å². The van der Waals surface area contributed by atoms with Gasteiger partial charge >= 0.3 is 0 Å². The fraction of sp³-hybridized carbons (Fsp3) is 0.804. The van der Waals surface area contributed by atoms with Gasteiger partial charge in [-0.15, -0.1) is 0 Å². The molecule has 296 valence electrons. The maximum Gasteiger partial charge on any atom is 0.222 e. The molecule has 1 saturated heterocycles. The molecule has 0 spiro atoms. The van der Waals surface area contributed by atoms with Crippen molar-refractivity contribution in [3.8, 4) is 0 Å². The van der Waals surface area contributed by atoms with E-state index in [0.717, 1.165) is 58.2 Å². The van der Waals surface area contributed by atoms with E-state index >= 15 is 0 Å². The molecule has 0 aliphatic carbocycles. The lowest BCUT2D eigenvalue weighted by atomic mass is 10.1. The molecule has 1 aliphatic rings. The van der Waals surface area contributed by atoms with Gasteiger partial charge in [0.1, 0.15) is 12.2 Å². The van der Waals surface area contributed by atoms with E-state index in [1.807, 2.05) is 4.90 Å². The summed E-state index contributed by atoms with van der Waals surface area (Å²) in [5, 5.41) is 0. The number of nitrogens with zero attached hydrogens (tertiary/aromatic N) is 1. The van der Waals surface area contributed by atoms with Crippen LogP contribution in [-0.2, 0) is 14.3 Å². The van der Waals surface area contributed by atoms with E-state index in [0.29, 0.717) is 26.1 Å². The van der Waals surface area contributed by atoms with Crippen molar-refractivity contribution in [3.05, 3.63) is 48.6 Å². The summed E-state index contributed by atoms with van der Waals surface area (Å²) >= 11 is 0. The van der Waals surface area contributed by atoms with Crippen molar-refractivity contribution in [2.75, 3.05) is 32.8 Å². The van der Waals surface area contributed by atoms with Crippen molar-refractivity contribution in [1.82, 2.24) is 4.90 Å². The summed E-state index contributed by atoms with van der Waals surface area (Å²) in [6, 6.07) is 0. The van der Waals surface area contributed by atoms with Crippen LogP contribution in [0.25, 0.3) is 0 Å². The smallest absolute Gasteiger partial charge is 0.222 e. The molecule has 0 unspecified atom stereocenters. The summed E-state index contributed by atoms with van der Waals surface area (Å²) in [7, 11) is 0. The minimum absolute atomic E-state index is 0.000526. The molecule has 0 saturated carbocycles. The Kier molecular flexibility index (Phi) is 35.3. The first-order chi connectivity index (χ1) is 25.2. The molecule has 1 aliphatic heterocycles. The fourth-order valence-electron chi connectivity index (χ4n) is 6.67. The van der Waals surface area contributed by atoms with Crippen LogP contribution in [-0.4, -0.2) is 55.9 Å². The van der Waals surface area contributed by atoms with Gasteiger partial charge in [0.2, 0.25) is 5.91 Å². The number of allylic oxidation sites excluding steroid dienone is 8. The number of unbranched alkanes of at least 4 members (excludes halogenated alkanes) is 20. The molecule has 1 amide bonds. The fourth-order valence-corrected chi connectivity index (χ4v) is 6.67. The Morgan fingerprint density at radius 3 is 1.29 bits per heavy atom. The Morgan fingerprint density at radius 2 is 0.882 bits per heavy atom. The second kappa shape index (κ2) is 38.0. The number of hydrogen-bond donors (Lipinski definition) is 1. The average Bonchev–Trinajstić information content (AvgIpc) is 3.55. The van der Waals surface area contributed by atoms with Crippen LogP contribution < -0.4 is 5.73 Å². The minimum atomic E-state index is 0.000526. The van der Waals surface area contributed by atoms with E-state index < -0.39 is 0 Å². The third-order valence-corrected chi connectivity index (χ3v) is 10.0. The Balaban J connectivity index is 2.18. The molecule has 51 heavy (non-hydrogen) atoms. The maximum atomic E-state index is 12.9.